The van der Waals surface area contributed by atoms with Crippen LogP contribution < -0.4 is 15.8 Å². The van der Waals surface area contributed by atoms with E-state index in [9.17, 15) is 4.79 Å². The molecule has 0 aromatic heterocycles. The number of hydrogen-bond acceptors (Lipinski definition) is 4. The maximum atomic E-state index is 12.2. The molecule has 1 aromatic carbocycles. The molecule has 1 saturated heterocycles. The molecule has 1 unspecified atom stereocenters. The van der Waals surface area contributed by atoms with E-state index in [1.807, 2.05) is 0 Å². The fourth-order valence-corrected chi connectivity index (χ4v) is 4.01. The van der Waals surface area contributed by atoms with Crippen molar-refractivity contribution in [2.45, 2.75) is 25.8 Å². The summed E-state index contributed by atoms with van der Waals surface area (Å²) in [7, 11) is 0. The molecule has 3 rings (SSSR count). The van der Waals surface area contributed by atoms with Crippen molar-refractivity contribution >= 4 is 21.8 Å². The van der Waals surface area contributed by atoms with Crippen molar-refractivity contribution in [3.8, 4) is 5.75 Å². The van der Waals surface area contributed by atoms with Crippen molar-refractivity contribution in [2.24, 2.45) is 11.7 Å². The van der Waals surface area contributed by atoms with Crippen molar-refractivity contribution in [3.63, 3.8) is 0 Å². The minimum Gasteiger partial charge on any atom is -0.493 e. The fourth-order valence-electron chi connectivity index (χ4n) is 3.46. The van der Waals surface area contributed by atoms with Crippen LogP contribution in [0, 0.1) is 5.92 Å². The van der Waals surface area contributed by atoms with Gasteiger partial charge in [0.05, 0.1) is 12.5 Å². The van der Waals surface area contributed by atoms with Crippen LogP contribution >= 0.6 is 15.9 Å². The molecule has 0 spiro atoms. The molecule has 0 bridgehead atoms. The number of carbonyl (C=O) groups is 1. The van der Waals surface area contributed by atoms with Gasteiger partial charge in [0.2, 0.25) is 5.91 Å². The highest BCUT2D eigenvalue weighted by Crippen LogP contribution is 2.34. The van der Waals surface area contributed by atoms with Gasteiger partial charge in [-0.05, 0) is 37.1 Å². The SMILES string of the molecule is NCCNC(=O)C1CCCN(Cc2cc(Br)cc3c2OCC3)C1. The van der Waals surface area contributed by atoms with Gasteiger partial charge in [-0.1, -0.05) is 15.9 Å². The summed E-state index contributed by atoms with van der Waals surface area (Å²) in [5.41, 5.74) is 7.96. The smallest absolute Gasteiger partial charge is 0.224 e. The zero-order valence-corrected chi connectivity index (χ0v) is 14.9. The van der Waals surface area contributed by atoms with Crippen molar-refractivity contribution in [1.29, 1.82) is 0 Å². The third-order valence-corrected chi connectivity index (χ3v) is 5.00. The van der Waals surface area contributed by atoms with Gasteiger partial charge < -0.3 is 15.8 Å². The minimum atomic E-state index is 0.0661. The molecule has 1 atom stereocenters. The van der Waals surface area contributed by atoms with E-state index in [-0.39, 0.29) is 11.8 Å². The Kier molecular flexibility index (Phi) is 5.56. The number of fused-ring (bicyclic) bond motifs is 1. The zero-order valence-electron chi connectivity index (χ0n) is 13.3. The van der Waals surface area contributed by atoms with E-state index in [0.717, 1.165) is 55.7 Å². The van der Waals surface area contributed by atoms with Gasteiger partial charge in [0.1, 0.15) is 5.75 Å². The van der Waals surface area contributed by atoms with Gasteiger partial charge in [0, 0.05) is 42.6 Å². The van der Waals surface area contributed by atoms with Crippen LogP contribution in [0.5, 0.6) is 5.75 Å². The van der Waals surface area contributed by atoms with E-state index >= 15 is 0 Å². The van der Waals surface area contributed by atoms with Gasteiger partial charge in [-0.15, -0.1) is 0 Å². The fraction of sp³-hybridized carbons (Fsp3) is 0.588. The lowest BCUT2D eigenvalue weighted by Crippen LogP contribution is -2.43. The molecule has 126 valence electrons. The highest BCUT2D eigenvalue weighted by molar-refractivity contribution is 9.10. The highest BCUT2D eigenvalue weighted by Gasteiger charge is 2.27. The van der Waals surface area contributed by atoms with Crippen LogP contribution in [0.2, 0.25) is 0 Å². The molecule has 2 aliphatic rings. The van der Waals surface area contributed by atoms with Gasteiger partial charge in [-0.3, -0.25) is 9.69 Å². The molecule has 6 heteroatoms. The lowest BCUT2D eigenvalue weighted by molar-refractivity contribution is -0.126. The third-order valence-electron chi connectivity index (χ3n) is 4.54. The molecule has 5 nitrogen and oxygen atoms in total. The van der Waals surface area contributed by atoms with E-state index in [0.29, 0.717) is 13.1 Å². The lowest BCUT2D eigenvalue weighted by Gasteiger charge is -2.32. The molecule has 0 aliphatic carbocycles. The van der Waals surface area contributed by atoms with Crippen LogP contribution in [0.15, 0.2) is 16.6 Å². The van der Waals surface area contributed by atoms with Crippen LogP contribution in [-0.4, -0.2) is 43.6 Å². The number of carbonyl (C=O) groups excluding carboxylic acids is 1. The Morgan fingerprint density at radius 1 is 1.48 bits per heavy atom. The average Bonchev–Trinajstić information content (AvgIpc) is 3.01. The Morgan fingerprint density at radius 2 is 2.35 bits per heavy atom. The third kappa shape index (κ3) is 4.05. The summed E-state index contributed by atoms with van der Waals surface area (Å²) in [6, 6.07) is 4.29. The monoisotopic (exact) mass is 381 g/mol. The second kappa shape index (κ2) is 7.64. The number of ether oxygens (including phenoxy) is 1. The van der Waals surface area contributed by atoms with Crippen molar-refractivity contribution in [3.05, 3.63) is 27.7 Å². The van der Waals surface area contributed by atoms with Crippen molar-refractivity contribution in [2.75, 3.05) is 32.8 Å². The van der Waals surface area contributed by atoms with Crippen LogP contribution in [0.3, 0.4) is 0 Å². The number of nitrogens with one attached hydrogen (secondary N) is 1. The molecular formula is C17H24BrN3O2. The summed E-state index contributed by atoms with van der Waals surface area (Å²) < 4.78 is 6.92. The Bertz CT molecular complexity index is 579. The standard InChI is InChI=1S/C17H24BrN3O2/c18-15-8-12-3-7-23-16(12)14(9-15)11-21-6-1-2-13(10-21)17(22)20-5-4-19/h8-9,13H,1-7,10-11,19H2,(H,20,22). The van der Waals surface area contributed by atoms with Gasteiger partial charge in [-0.25, -0.2) is 0 Å². The molecule has 23 heavy (non-hydrogen) atoms. The molecule has 2 heterocycles. The average molecular weight is 382 g/mol. The predicted octanol–water partition coefficient (Wildman–Crippen LogP) is 1.67. The van der Waals surface area contributed by atoms with E-state index in [4.69, 9.17) is 10.5 Å². The summed E-state index contributed by atoms with van der Waals surface area (Å²) in [4.78, 5) is 14.5. The minimum absolute atomic E-state index is 0.0661. The summed E-state index contributed by atoms with van der Waals surface area (Å²) in [6.45, 7) is 4.48. The first-order chi connectivity index (χ1) is 11.2. The zero-order chi connectivity index (χ0) is 16.2. The Labute approximate surface area is 145 Å². The number of hydrogen-bond donors (Lipinski definition) is 2. The van der Waals surface area contributed by atoms with E-state index in [2.05, 4.69) is 38.3 Å². The highest BCUT2D eigenvalue weighted by atomic mass is 79.9. The molecule has 2 aliphatic heterocycles. The normalized spacial score (nSPS) is 20.9. The van der Waals surface area contributed by atoms with Crippen molar-refractivity contribution in [1.82, 2.24) is 10.2 Å². The van der Waals surface area contributed by atoms with Crippen LogP contribution in [-0.2, 0) is 17.8 Å². The lowest BCUT2D eigenvalue weighted by atomic mass is 9.96. The van der Waals surface area contributed by atoms with Gasteiger partial charge in [0.25, 0.3) is 0 Å². The van der Waals surface area contributed by atoms with E-state index < -0.39 is 0 Å². The Hall–Kier alpha value is -1.11. The number of halogens is 1. The molecule has 1 amide bonds. The number of piperidine rings is 1. The first kappa shape index (κ1) is 16.7. The van der Waals surface area contributed by atoms with E-state index in [1.54, 1.807) is 0 Å². The maximum absolute atomic E-state index is 12.2. The van der Waals surface area contributed by atoms with Gasteiger partial charge in [-0.2, -0.15) is 0 Å². The number of benzene rings is 1. The summed E-state index contributed by atoms with van der Waals surface area (Å²) >= 11 is 3.59. The first-order valence-electron chi connectivity index (χ1n) is 8.31. The van der Waals surface area contributed by atoms with Gasteiger partial charge >= 0.3 is 0 Å². The van der Waals surface area contributed by atoms with Crippen LogP contribution in [0.25, 0.3) is 0 Å². The number of nitrogens with two attached hydrogens (primary N) is 1. The summed E-state index contributed by atoms with van der Waals surface area (Å²) in [5, 5.41) is 2.91. The Morgan fingerprint density at radius 3 is 3.17 bits per heavy atom. The molecular weight excluding hydrogens is 358 g/mol. The number of amides is 1. The van der Waals surface area contributed by atoms with Crippen LogP contribution in [0.4, 0.5) is 0 Å². The first-order valence-corrected chi connectivity index (χ1v) is 9.11. The molecule has 3 N–H and O–H groups in total. The number of nitrogens with zero attached hydrogens (tertiary/aromatic N) is 1. The topological polar surface area (TPSA) is 67.6 Å². The quantitative estimate of drug-likeness (QED) is 0.813. The van der Waals surface area contributed by atoms with Gasteiger partial charge in [0.15, 0.2) is 0 Å². The number of rotatable bonds is 5. The van der Waals surface area contributed by atoms with Crippen LogP contribution in [0.1, 0.15) is 24.0 Å². The summed E-state index contributed by atoms with van der Waals surface area (Å²) in [5.74, 6) is 1.25. The second-order valence-corrected chi connectivity index (χ2v) is 7.22. The van der Waals surface area contributed by atoms with E-state index in [1.165, 1.54) is 11.1 Å². The molecule has 0 radical (unpaired) electrons. The van der Waals surface area contributed by atoms with Crippen molar-refractivity contribution < 1.29 is 9.53 Å². The number of likely N-dealkylation sites (tertiary alicyclic amines) is 1. The molecule has 1 fully saturated rings. The Balaban J connectivity index is 1.65. The molecule has 0 saturated carbocycles. The second-order valence-electron chi connectivity index (χ2n) is 6.31. The maximum Gasteiger partial charge on any atom is 0.224 e. The largest absolute Gasteiger partial charge is 0.493 e. The predicted molar refractivity (Wildman–Crippen MR) is 93.4 cm³/mol. The summed E-state index contributed by atoms with van der Waals surface area (Å²) in [6.07, 6.45) is 2.99. The molecule has 1 aromatic rings.